The molecule has 0 radical (unpaired) electrons. The molecule has 0 fully saturated rings. The number of para-hydroxylation sites is 1. The van der Waals surface area contributed by atoms with Gasteiger partial charge in [-0.1, -0.05) is 136 Å². The molecule has 0 aliphatic heterocycles. The van der Waals surface area contributed by atoms with Gasteiger partial charge in [-0.25, -0.2) is 4.98 Å². The molecule has 0 bridgehead atoms. The Balaban J connectivity index is 1.20. The van der Waals surface area contributed by atoms with E-state index in [0.717, 1.165) is 33.9 Å². The zero-order valence-electron chi connectivity index (χ0n) is 27.9. The number of nitrogens with zero attached hydrogens (tertiary/aromatic N) is 2. The Morgan fingerprint density at radius 2 is 1.20 bits per heavy atom. The van der Waals surface area contributed by atoms with Crippen LogP contribution in [-0.2, 0) is 5.41 Å². The van der Waals surface area contributed by atoms with E-state index >= 15 is 0 Å². The predicted octanol–water partition coefficient (Wildman–Crippen LogP) is 10.7. The second-order valence-corrected chi connectivity index (χ2v) is 15.5. The van der Waals surface area contributed by atoms with E-state index in [1.807, 2.05) is 12.3 Å². The van der Waals surface area contributed by atoms with Gasteiger partial charge in [-0.15, -0.1) is 0 Å². The summed E-state index contributed by atoms with van der Waals surface area (Å²) in [4.78, 5) is 4.84. The molecule has 238 valence electrons. The van der Waals surface area contributed by atoms with Crippen molar-refractivity contribution in [2.24, 2.45) is 0 Å². The first-order valence-electron chi connectivity index (χ1n) is 16.7. The van der Waals surface area contributed by atoms with Gasteiger partial charge in [0.25, 0.3) is 0 Å². The van der Waals surface area contributed by atoms with Crippen LogP contribution in [0.4, 0.5) is 0 Å². The topological polar surface area (TPSA) is 27.1 Å². The van der Waals surface area contributed by atoms with Gasteiger partial charge < -0.3 is 4.74 Å². The van der Waals surface area contributed by atoms with E-state index in [9.17, 15) is 0 Å². The molecule has 4 heteroatoms. The predicted molar refractivity (Wildman–Crippen MR) is 208 cm³/mol. The Labute approximate surface area is 289 Å². The molecule has 0 amide bonds. The summed E-state index contributed by atoms with van der Waals surface area (Å²) in [6.45, 7) is 6.71. The summed E-state index contributed by atoms with van der Waals surface area (Å²) in [5, 5.41) is 6.34. The highest BCUT2D eigenvalue weighted by atomic mass is 31.1. The summed E-state index contributed by atoms with van der Waals surface area (Å²) in [6, 6.07) is 58.2. The first-order chi connectivity index (χ1) is 23.9. The Hall–Kier alpha value is -5.50. The van der Waals surface area contributed by atoms with Gasteiger partial charge in [0.2, 0.25) is 0 Å². The molecule has 0 atom stereocenters. The minimum absolute atomic E-state index is 0.0116. The van der Waals surface area contributed by atoms with Crippen LogP contribution in [0.3, 0.4) is 0 Å². The number of hydrogen-bond acceptors (Lipinski definition) is 2. The largest absolute Gasteiger partial charge is 0.457 e. The minimum atomic E-state index is -0.764. The molecular formula is C45H37N2OP. The molecule has 49 heavy (non-hydrogen) atoms. The molecule has 0 saturated heterocycles. The maximum atomic E-state index is 6.65. The molecule has 8 aromatic rings. The quantitative estimate of drug-likeness (QED) is 0.160. The van der Waals surface area contributed by atoms with Crippen molar-refractivity contribution in [1.82, 2.24) is 9.55 Å². The Kier molecular flexibility index (Phi) is 8.07. The average Bonchev–Trinajstić information content (AvgIpc) is 3.46. The number of rotatable bonds is 7. The first kappa shape index (κ1) is 30.8. The molecule has 3 nitrogen and oxygen atoms in total. The van der Waals surface area contributed by atoms with Crippen molar-refractivity contribution in [3.8, 4) is 28.4 Å². The van der Waals surface area contributed by atoms with E-state index in [4.69, 9.17) is 9.72 Å². The molecule has 0 aliphatic carbocycles. The van der Waals surface area contributed by atoms with Crippen molar-refractivity contribution >= 4 is 45.6 Å². The lowest BCUT2D eigenvalue weighted by Crippen LogP contribution is -2.22. The SMILES string of the molecule is CC(C)(C)c1ccnc(-n2c3ccccc3c3ccc(Oc4cccc(-c5ccccc5P(c5ccccc5)c5ccccc5)c4)cc32)c1. The molecule has 2 aromatic heterocycles. The summed E-state index contributed by atoms with van der Waals surface area (Å²) in [5.41, 5.74) is 5.79. The summed E-state index contributed by atoms with van der Waals surface area (Å²) < 4.78 is 8.91. The van der Waals surface area contributed by atoms with Gasteiger partial charge in [-0.3, -0.25) is 4.57 Å². The number of fused-ring (bicyclic) bond motifs is 3. The van der Waals surface area contributed by atoms with Gasteiger partial charge in [0.1, 0.15) is 17.3 Å². The molecule has 6 aromatic carbocycles. The highest BCUT2D eigenvalue weighted by molar-refractivity contribution is 7.80. The highest BCUT2D eigenvalue weighted by Crippen LogP contribution is 2.39. The second-order valence-electron chi connectivity index (χ2n) is 13.3. The number of ether oxygens (including phenoxy) is 1. The summed E-state index contributed by atoms with van der Waals surface area (Å²) in [7, 11) is -0.764. The van der Waals surface area contributed by atoms with Gasteiger partial charge in [0.05, 0.1) is 11.0 Å². The summed E-state index contributed by atoms with van der Waals surface area (Å²) in [5.74, 6) is 2.48. The lowest BCUT2D eigenvalue weighted by atomic mass is 9.88. The van der Waals surface area contributed by atoms with Crippen molar-refractivity contribution < 1.29 is 4.74 Å². The average molecular weight is 653 g/mol. The smallest absolute Gasteiger partial charge is 0.137 e. The minimum Gasteiger partial charge on any atom is -0.457 e. The molecule has 0 spiro atoms. The van der Waals surface area contributed by atoms with Gasteiger partial charge in [0, 0.05) is 23.0 Å². The van der Waals surface area contributed by atoms with E-state index in [1.54, 1.807) is 0 Å². The lowest BCUT2D eigenvalue weighted by molar-refractivity contribution is 0.483. The number of hydrogen-bond donors (Lipinski definition) is 0. The zero-order chi connectivity index (χ0) is 33.4. The first-order valence-corrected chi connectivity index (χ1v) is 18.1. The third-order valence-corrected chi connectivity index (χ3v) is 11.5. The van der Waals surface area contributed by atoms with Gasteiger partial charge >= 0.3 is 0 Å². The molecular weight excluding hydrogens is 615 g/mol. The van der Waals surface area contributed by atoms with E-state index < -0.39 is 7.92 Å². The highest BCUT2D eigenvalue weighted by Gasteiger charge is 2.21. The van der Waals surface area contributed by atoms with E-state index in [-0.39, 0.29) is 5.41 Å². The summed E-state index contributed by atoms with van der Waals surface area (Å²) >= 11 is 0. The molecule has 0 aliphatic rings. The second kappa shape index (κ2) is 12.8. The fraction of sp³-hybridized carbons (Fsp3) is 0.0889. The van der Waals surface area contributed by atoms with Gasteiger partial charge in [-0.2, -0.15) is 0 Å². The van der Waals surface area contributed by atoms with Crippen molar-refractivity contribution in [3.05, 3.63) is 176 Å². The van der Waals surface area contributed by atoms with E-state index in [2.05, 4.69) is 183 Å². The lowest BCUT2D eigenvalue weighted by Gasteiger charge is -2.22. The number of pyridine rings is 1. The summed E-state index contributed by atoms with van der Waals surface area (Å²) in [6.07, 6.45) is 1.92. The van der Waals surface area contributed by atoms with Crippen LogP contribution in [0.1, 0.15) is 26.3 Å². The monoisotopic (exact) mass is 652 g/mol. The fourth-order valence-corrected chi connectivity index (χ4v) is 9.10. The van der Waals surface area contributed by atoms with Crippen molar-refractivity contribution in [1.29, 1.82) is 0 Å². The van der Waals surface area contributed by atoms with Crippen molar-refractivity contribution in [3.63, 3.8) is 0 Å². The van der Waals surface area contributed by atoms with Crippen LogP contribution >= 0.6 is 7.92 Å². The van der Waals surface area contributed by atoms with Crippen LogP contribution in [0.25, 0.3) is 38.8 Å². The van der Waals surface area contributed by atoms with Crippen LogP contribution in [0.5, 0.6) is 11.5 Å². The fourth-order valence-electron chi connectivity index (χ4n) is 6.63. The van der Waals surface area contributed by atoms with Crippen LogP contribution in [0.2, 0.25) is 0 Å². The Morgan fingerprint density at radius 3 is 1.96 bits per heavy atom. The zero-order valence-corrected chi connectivity index (χ0v) is 28.8. The van der Waals surface area contributed by atoms with Gasteiger partial charge in [-0.05, 0) is 88.4 Å². The van der Waals surface area contributed by atoms with Crippen molar-refractivity contribution in [2.45, 2.75) is 26.2 Å². The van der Waals surface area contributed by atoms with Crippen LogP contribution < -0.4 is 20.7 Å². The molecule has 0 N–H and O–H groups in total. The van der Waals surface area contributed by atoms with Crippen LogP contribution in [-0.4, -0.2) is 9.55 Å². The Bertz CT molecular complexity index is 2370. The maximum Gasteiger partial charge on any atom is 0.137 e. The van der Waals surface area contributed by atoms with E-state index in [0.29, 0.717) is 0 Å². The Morgan fingerprint density at radius 1 is 0.551 bits per heavy atom. The molecule has 2 heterocycles. The molecule has 0 saturated carbocycles. The standard InChI is InChI=1S/C45H37N2OP/c1-45(2,3)33-27-28-46-44(30-33)47-41-23-12-10-22-39(41)40-26-25-35(31-42(40)47)48-34-16-14-15-32(29-34)38-21-11-13-24-43(38)49(36-17-6-4-7-18-36)37-19-8-5-9-20-37/h4-31H,1-3H3. The van der Waals surface area contributed by atoms with Crippen molar-refractivity contribution in [2.75, 3.05) is 0 Å². The molecule has 0 unspecified atom stereocenters. The third kappa shape index (κ3) is 6.03. The molecule has 8 rings (SSSR count). The normalized spacial score (nSPS) is 11.8. The maximum absolute atomic E-state index is 6.65. The number of benzene rings is 6. The van der Waals surface area contributed by atoms with E-state index in [1.165, 1.54) is 37.8 Å². The van der Waals surface area contributed by atoms with Gasteiger partial charge in [0.15, 0.2) is 0 Å². The number of aromatic nitrogens is 2. The van der Waals surface area contributed by atoms with Crippen LogP contribution in [0.15, 0.2) is 170 Å². The van der Waals surface area contributed by atoms with Crippen LogP contribution in [0, 0.1) is 0 Å². The third-order valence-electron chi connectivity index (χ3n) is 9.04.